The topological polar surface area (TPSA) is 58.6 Å². The summed E-state index contributed by atoms with van der Waals surface area (Å²) in [5.74, 6) is -0.135. The average molecular weight is 257 g/mol. The van der Waals surface area contributed by atoms with Crippen molar-refractivity contribution in [3.63, 3.8) is 0 Å². The first kappa shape index (κ1) is 15.4. The van der Waals surface area contributed by atoms with Gasteiger partial charge in [0.25, 0.3) is 0 Å². The van der Waals surface area contributed by atoms with E-state index in [1.165, 1.54) is 19.3 Å². The van der Waals surface area contributed by atoms with Crippen molar-refractivity contribution in [3.05, 3.63) is 0 Å². The van der Waals surface area contributed by atoms with Crippen LogP contribution in [0.15, 0.2) is 0 Å². The Balaban J connectivity index is 2.13. The van der Waals surface area contributed by atoms with Gasteiger partial charge in [0, 0.05) is 6.54 Å². The van der Waals surface area contributed by atoms with Crippen LogP contribution >= 0.6 is 0 Å². The summed E-state index contributed by atoms with van der Waals surface area (Å²) in [5, 5.41) is 12.5. The first-order chi connectivity index (χ1) is 8.39. The van der Waals surface area contributed by atoms with Crippen LogP contribution in [0.1, 0.15) is 52.9 Å². The van der Waals surface area contributed by atoms with Crippen LogP contribution in [0, 0.1) is 5.41 Å². The van der Waals surface area contributed by atoms with Crippen molar-refractivity contribution >= 4 is 5.91 Å². The van der Waals surface area contributed by atoms with Gasteiger partial charge in [-0.2, -0.15) is 0 Å². The van der Waals surface area contributed by atoms with Crippen LogP contribution in [-0.2, 0) is 9.53 Å². The second-order valence-electron chi connectivity index (χ2n) is 6.26. The lowest BCUT2D eigenvalue weighted by molar-refractivity contribution is -0.129. The average Bonchev–Trinajstić information content (AvgIpc) is 2.33. The first-order valence-electron chi connectivity index (χ1n) is 6.96. The zero-order valence-electron chi connectivity index (χ0n) is 11.9. The fourth-order valence-electron chi connectivity index (χ4n) is 1.99. The molecule has 0 aromatic heterocycles. The van der Waals surface area contributed by atoms with E-state index in [4.69, 9.17) is 4.74 Å². The summed E-state index contributed by atoms with van der Waals surface area (Å²) in [6.45, 7) is 6.24. The molecule has 1 rings (SSSR count). The van der Waals surface area contributed by atoms with E-state index in [2.05, 4.69) is 5.32 Å². The third kappa shape index (κ3) is 5.83. The minimum absolute atomic E-state index is 0.113. The van der Waals surface area contributed by atoms with Gasteiger partial charge in [-0.25, -0.2) is 0 Å². The fraction of sp³-hybridized carbons (Fsp3) is 0.929. The van der Waals surface area contributed by atoms with E-state index < -0.39 is 6.10 Å². The number of rotatable bonds is 5. The highest BCUT2D eigenvalue weighted by atomic mass is 16.5. The summed E-state index contributed by atoms with van der Waals surface area (Å²) >= 11 is 0. The molecule has 2 N–H and O–H groups in total. The molecule has 0 saturated heterocycles. The van der Waals surface area contributed by atoms with Crippen molar-refractivity contribution < 1.29 is 14.6 Å². The van der Waals surface area contributed by atoms with Crippen LogP contribution in [0.5, 0.6) is 0 Å². The number of aliphatic hydroxyl groups excluding tert-OH is 1. The molecule has 0 heterocycles. The molecule has 1 amide bonds. The molecule has 4 nitrogen and oxygen atoms in total. The van der Waals surface area contributed by atoms with Crippen molar-refractivity contribution in [2.75, 3.05) is 13.2 Å². The molecule has 0 aromatic rings. The lowest BCUT2D eigenvalue weighted by atomic mass is 9.89. The Morgan fingerprint density at radius 2 is 1.94 bits per heavy atom. The maximum Gasteiger partial charge on any atom is 0.246 e. The van der Waals surface area contributed by atoms with E-state index in [-0.39, 0.29) is 30.6 Å². The molecular formula is C14H27NO3. The molecule has 106 valence electrons. The molecule has 1 aliphatic carbocycles. The molecule has 0 aromatic carbocycles. The van der Waals surface area contributed by atoms with Gasteiger partial charge < -0.3 is 15.2 Å². The second kappa shape index (κ2) is 7.10. The Morgan fingerprint density at radius 3 is 2.50 bits per heavy atom. The molecule has 1 atom stereocenters. The van der Waals surface area contributed by atoms with Gasteiger partial charge >= 0.3 is 0 Å². The normalized spacial score (nSPS) is 19.6. The van der Waals surface area contributed by atoms with E-state index >= 15 is 0 Å². The van der Waals surface area contributed by atoms with Crippen molar-refractivity contribution in [1.82, 2.24) is 5.32 Å². The summed E-state index contributed by atoms with van der Waals surface area (Å²) in [4.78, 5) is 11.6. The van der Waals surface area contributed by atoms with Crippen molar-refractivity contribution in [3.8, 4) is 0 Å². The van der Waals surface area contributed by atoms with E-state index in [0.29, 0.717) is 0 Å². The Labute approximate surface area is 110 Å². The van der Waals surface area contributed by atoms with Gasteiger partial charge in [-0.1, -0.05) is 40.0 Å². The van der Waals surface area contributed by atoms with Gasteiger partial charge in [0.05, 0.1) is 12.2 Å². The highest BCUT2D eigenvalue weighted by Gasteiger charge is 2.22. The third-order valence-electron chi connectivity index (χ3n) is 3.49. The van der Waals surface area contributed by atoms with Gasteiger partial charge in [-0.15, -0.1) is 0 Å². The lowest BCUT2D eigenvalue weighted by Gasteiger charge is -2.26. The highest BCUT2D eigenvalue weighted by Crippen LogP contribution is 2.20. The lowest BCUT2D eigenvalue weighted by Crippen LogP contribution is -2.41. The molecule has 1 fully saturated rings. The Morgan fingerprint density at radius 1 is 1.33 bits per heavy atom. The Kier molecular flexibility index (Phi) is 6.09. The highest BCUT2D eigenvalue weighted by molar-refractivity contribution is 5.77. The second-order valence-corrected chi connectivity index (χ2v) is 6.26. The standard InChI is InChI=1S/C14H27NO3/c1-14(2,3)12(16)9-15-13(17)10-18-11-7-5-4-6-8-11/h11-12,16H,4-10H2,1-3H3,(H,15,17). The minimum Gasteiger partial charge on any atom is -0.391 e. The Hall–Kier alpha value is -0.610. The molecular weight excluding hydrogens is 230 g/mol. The van der Waals surface area contributed by atoms with Gasteiger partial charge in [-0.3, -0.25) is 4.79 Å². The molecule has 1 unspecified atom stereocenters. The zero-order chi connectivity index (χ0) is 13.6. The fourth-order valence-corrected chi connectivity index (χ4v) is 1.99. The van der Waals surface area contributed by atoms with Crippen LogP contribution in [0.4, 0.5) is 0 Å². The maximum absolute atomic E-state index is 11.6. The largest absolute Gasteiger partial charge is 0.391 e. The van der Waals surface area contributed by atoms with Crippen molar-refractivity contribution in [2.24, 2.45) is 5.41 Å². The van der Waals surface area contributed by atoms with Crippen LogP contribution in [0.2, 0.25) is 0 Å². The van der Waals surface area contributed by atoms with Crippen LogP contribution in [-0.4, -0.2) is 36.4 Å². The molecule has 0 bridgehead atoms. The predicted octanol–water partition coefficient (Wildman–Crippen LogP) is 1.86. The molecule has 0 aliphatic heterocycles. The number of amides is 1. The monoisotopic (exact) mass is 257 g/mol. The minimum atomic E-state index is -0.531. The number of nitrogens with one attached hydrogen (secondary N) is 1. The van der Waals surface area contributed by atoms with Crippen LogP contribution in [0.25, 0.3) is 0 Å². The van der Waals surface area contributed by atoms with Crippen LogP contribution in [0.3, 0.4) is 0 Å². The molecule has 0 radical (unpaired) electrons. The molecule has 4 heteroatoms. The third-order valence-corrected chi connectivity index (χ3v) is 3.49. The van der Waals surface area contributed by atoms with Gasteiger partial charge in [-0.05, 0) is 18.3 Å². The molecule has 1 saturated carbocycles. The molecule has 0 spiro atoms. The Bertz CT molecular complexity index is 254. The summed E-state index contributed by atoms with van der Waals surface area (Å²) < 4.78 is 5.57. The smallest absolute Gasteiger partial charge is 0.246 e. The number of carbonyl (C=O) groups is 1. The zero-order valence-corrected chi connectivity index (χ0v) is 11.9. The number of carbonyl (C=O) groups excluding carboxylic acids is 1. The van der Waals surface area contributed by atoms with E-state index in [1.807, 2.05) is 20.8 Å². The first-order valence-corrected chi connectivity index (χ1v) is 6.96. The molecule has 1 aliphatic rings. The van der Waals surface area contributed by atoms with Crippen molar-refractivity contribution in [2.45, 2.75) is 65.1 Å². The quantitative estimate of drug-likeness (QED) is 0.790. The van der Waals surface area contributed by atoms with Gasteiger partial charge in [0.15, 0.2) is 0 Å². The van der Waals surface area contributed by atoms with Gasteiger partial charge in [0.2, 0.25) is 5.91 Å². The van der Waals surface area contributed by atoms with E-state index in [1.54, 1.807) is 0 Å². The van der Waals surface area contributed by atoms with E-state index in [0.717, 1.165) is 12.8 Å². The summed E-state index contributed by atoms with van der Waals surface area (Å²) in [6.07, 6.45) is 5.54. The number of hydrogen-bond acceptors (Lipinski definition) is 3. The summed E-state index contributed by atoms with van der Waals surface area (Å²) in [5.41, 5.74) is -0.211. The van der Waals surface area contributed by atoms with Crippen molar-refractivity contribution in [1.29, 1.82) is 0 Å². The van der Waals surface area contributed by atoms with Gasteiger partial charge in [0.1, 0.15) is 6.61 Å². The number of ether oxygens (including phenoxy) is 1. The predicted molar refractivity (Wildman–Crippen MR) is 71.3 cm³/mol. The SMILES string of the molecule is CC(C)(C)C(O)CNC(=O)COC1CCCCC1. The summed E-state index contributed by atoms with van der Waals surface area (Å²) in [7, 11) is 0. The summed E-state index contributed by atoms with van der Waals surface area (Å²) in [6, 6.07) is 0. The van der Waals surface area contributed by atoms with E-state index in [9.17, 15) is 9.90 Å². The number of hydrogen-bond donors (Lipinski definition) is 2. The molecule has 18 heavy (non-hydrogen) atoms. The number of aliphatic hydroxyl groups is 1. The maximum atomic E-state index is 11.6. The van der Waals surface area contributed by atoms with Crippen LogP contribution < -0.4 is 5.32 Å².